The fourth-order valence-electron chi connectivity index (χ4n) is 5.43. The van der Waals surface area contributed by atoms with Crippen molar-refractivity contribution >= 4 is 56.7 Å². The molecule has 0 radical (unpaired) electrons. The van der Waals surface area contributed by atoms with Crippen LogP contribution in [0.4, 0.5) is 5.13 Å². The van der Waals surface area contributed by atoms with Crippen LogP contribution in [0.3, 0.4) is 0 Å². The highest BCUT2D eigenvalue weighted by molar-refractivity contribution is 8.00. The Morgan fingerprint density at radius 3 is 2.39 bits per heavy atom. The number of hydrogen-bond donors (Lipinski definition) is 0. The Morgan fingerprint density at radius 1 is 0.891 bits per heavy atom. The molecule has 6 aromatic rings. The highest BCUT2D eigenvalue weighted by atomic mass is 32.2. The number of hydrogen-bond acceptors (Lipinski definition) is 9. The third-order valence-electron chi connectivity index (χ3n) is 7.81. The van der Waals surface area contributed by atoms with E-state index >= 15 is 0 Å². The number of amides is 1. The van der Waals surface area contributed by atoms with E-state index in [9.17, 15) is 14.4 Å². The number of aromatic nitrogens is 2. The molecular formula is C36H27N3O5S2. The maximum Gasteiger partial charge on any atom is 0.297 e. The van der Waals surface area contributed by atoms with Crippen molar-refractivity contribution in [1.82, 2.24) is 10.2 Å². The molecule has 3 heterocycles. The van der Waals surface area contributed by atoms with E-state index in [1.165, 1.54) is 33.6 Å². The van der Waals surface area contributed by atoms with E-state index < -0.39 is 29.4 Å². The molecule has 0 aliphatic carbocycles. The van der Waals surface area contributed by atoms with Gasteiger partial charge in [0.1, 0.15) is 23.9 Å². The Hall–Kier alpha value is -5.06. The number of Topliss-reactive ketones (excluding diaryl/α,β-unsaturated/α-hetero) is 2. The number of rotatable bonds is 10. The van der Waals surface area contributed by atoms with Gasteiger partial charge in [-0.15, -0.1) is 10.2 Å². The molecule has 0 saturated carbocycles. The van der Waals surface area contributed by atoms with Crippen LogP contribution in [0.15, 0.2) is 118 Å². The molecule has 1 saturated heterocycles. The van der Waals surface area contributed by atoms with Crippen LogP contribution in [0.5, 0.6) is 5.75 Å². The van der Waals surface area contributed by atoms with Gasteiger partial charge in [-0.2, -0.15) is 0 Å². The normalized spacial score (nSPS) is 16.3. The lowest BCUT2D eigenvalue weighted by Crippen LogP contribution is -2.30. The molecule has 8 nitrogen and oxygen atoms in total. The van der Waals surface area contributed by atoms with Crippen LogP contribution in [0.2, 0.25) is 0 Å². The summed E-state index contributed by atoms with van der Waals surface area (Å²) in [7, 11) is 0. The Morgan fingerprint density at radius 2 is 1.63 bits per heavy atom. The molecule has 10 heteroatoms. The van der Waals surface area contributed by atoms with Crippen LogP contribution < -0.4 is 9.64 Å². The SMILES string of the molecule is Cc1ccc(CSc2nnc(N3C(=O)C(=O)C(C(=O)c4cc5ccccc5o4)C3c3ccc(OCc4ccccc4)cc3)s2)cc1. The predicted molar refractivity (Wildman–Crippen MR) is 177 cm³/mol. The third kappa shape index (κ3) is 5.96. The molecule has 46 heavy (non-hydrogen) atoms. The maximum atomic E-state index is 14.0. The van der Waals surface area contributed by atoms with Gasteiger partial charge in [0.25, 0.3) is 5.91 Å². The third-order valence-corrected chi connectivity index (χ3v) is 9.94. The molecule has 0 spiro atoms. The molecule has 4 aromatic carbocycles. The van der Waals surface area contributed by atoms with Gasteiger partial charge in [0, 0.05) is 11.1 Å². The Labute approximate surface area is 273 Å². The van der Waals surface area contributed by atoms with Crippen LogP contribution >= 0.6 is 23.1 Å². The minimum Gasteiger partial charge on any atom is -0.489 e. The second kappa shape index (κ2) is 12.7. The lowest BCUT2D eigenvalue weighted by atomic mass is 9.88. The molecule has 1 aliphatic rings. The van der Waals surface area contributed by atoms with Gasteiger partial charge in [-0.25, -0.2) is 0 Å². The second-order valence-corrected chi connectivity index (χ2v) is 13.1. The van der Waals surface area contributed by atoms with Crippen LogP contribution in [0, 0.1) is 12.8 Å². The Bertz CT molecular complexity index is 2010. The van der Waals surface area contributed by atoms with Crippen LogP contribution in [-0.4, -0.2) is 27.7 Å². The molecule has 2 aromatic heterocycles. The summed E-state index contributed by atoms with van der Waals surface area (Å²) in [4.78, 5) is 42.6. The van der Waals surface area contributed by atoms with Crippen molar-refractivity contribution < 1.29 is 23.5 Å². The standard InChI is InChI=1S/C36H27N3O5S2/c1-22-11-13-24(14-12-22)21-45-36-38-37-35(46-36)39-31(25-15-17-27(18-16-25)43-20-23-7-3-2-4-8-23)30(33(41)34(39)42)32(40)29-19-26-9-5-6-10-28(26)44-29/h2-19,30-31H,20-21H2,1H3. The molecule has 1 amide bonds. The van der Waals surface area contributed by atoms with Crippen LogP contribution in [-0.2, 0) is 21.9 Å². The highest BCUT2D eigenvalue weighted by Gasteiger charge is 2.54. The van der Waals surface area contributed by atoms with E-state index in [1.54, 1.807) is 42.5 Å². The number of nitrogens with zero attached hydrogens (tertiary/aromatic N) is 3. The number of carbonyl (C=O) groups is 3. The molecule has 0 N–H and O–H groups in total. The lowest BCUT2D eigenvalue weighted by molar-refractivity contribution is -0.135. The first-order chi connectivity index (χ1) is 22.4. The lowest BCUT2D eigenvalue weighted by Gasteiger charge is -2.24. The average molecular weight is 646 g/mol. The van der Waals surface area contributed by atoms with Crippen molar-refractivity contribution in [2.45, 2.75) is 29.7 Å². The number of aryl methyl sites for hydroxylation is 1. The molecule has 1 aliphatic heterocycles. The quantitative estimate of drug-likeness (QED) is 0.0493. The fourth-order valence-corrected chi connectivity index (χ4v) is 7.26. The van der Waals surface area contributed by atoms with Crippen LogP contribution in [0.25, 0.3) is 11.0 Å². The van der Waals surface area contributed by atoms with Gasteiger partial charge in [0.2, 0.25) is 16.7 Å². The first-order valence-corrected chi connectivity index (χ1v) is 16.4. The summed E-state index contributed by atoms with van der Waals surface area (Å²) in [5.74, 6) is -2.22. The zero-order chi connectivity index (χ0) is 31.6. The first kappa shape index (κ1) is 29.6. The minimum atomic E-state index is -1.34. The maximum absolute atomic E-state index is 14.0. The number of furan rings is 1. The summed E-state index contributed by atoms with van der Waals surface area (Å²) >= 11 is 2.71. The topological polar surface area (TPSA) is 103 Å². The second-order valence-electron chi connectivity index (χ2n) is 10.9. The number of carbonyl (C=O) groups excluding carboxylic acids is 3. The van der Waals surface area contributed by atoms with Gasteiger partial charge < -0.3 is 9.15 Å². The van der Waals surface area contributed by atoms with E-state index in [0.29, 0.717) is 33.6 Å². The number of fused-ring (bicyclic) bond motifs is 1. The molecule has 2 atom stereocenters. The number of ketones is 2. The molecular weight excluding hydrogens is 619 g/mol. The van der Waals surface area contributed by atoms with Crippen molar-refractivity contribution in [2.24, 2.45) is 5.92 Å². The van der Waals surface area contributed by atoms with Crippen molar-refractivity contribution in [3.8, 4) is 5.75 Å². The number of ether oxygens (including phenoxy) is 1. The van der Waals surface area contributed by atoms with Gasteiger partial charge in [0.05, 0.1) is 6.04 Å². The number of anilines is 1. The zero-order valence-electron chi connectivity index (χ0n) is 24.7. The Kier molecular flexibility index (Phi) is 8.21. The van der Waals surface area contributed by atoms with Crippen LogP contribution in [0.1, 0.15) is 38.9 Å². The van der Waals surface area contributed by atoms with Gasteiger partial charge in [-0.05, 0) is 47.9 Å². The van der Waals surface area contributed by atoms with Gasteiger partial charge in [-0.1, -0.05) is 114 Å². The van der Waals surface area contributed by atoms with Gasteiger partial charge in [0.15, 0.2) is 10.1 Å². The van der Waals surface area contributed by atoms with E-state index in [2.05, 4.69) is 34.5 Å². The number of thioether (sulfide) groups is 1. The van der Waals surface area contributed by atoms with Crippen molar-refractivity contribution in [3.63, 3.8) is 0 Å². The van der Waals surface area contributed by atoms with E-state index in [0.717, 1.165) is 16.5 Å². The smallest absolute Gasteiger partial charge is 0.297 e. The largest absolute Gasteiger partial charge is 0.489 e. The number of para-hydroxylation sites is 1. The van der Waals surface area contributed by atoms with Crippen molar-refractivity contribution in [3.05, 3.63) is 137 Å². The molecule has 228 valence electrons. The van der Waals surface area contributed by atoms with Crippen molar-refractivity contribution in [1.29, 1.82) is 0 Å². The number of benzene rings is 4. The van der Waals surface area contributed by atoms with Gasteiger partial charge in [-0.3, -0.25) is 19.3 Å². The average Bonchev–Trinajstić information content (AvgIpc) is 3.80. The first-order valence-electron chi connectivity index (χ1n) is 14.6. The summed E-state index contributed by atoms with van der Waals surface area (Å²) in [6, 6.07) is 33.0. The molecule has 1 fully saturated rings. The summed E-state index contributed by atoms with van der Waals surface area (Å²) in [6.45, 7) is 2.42. The van der Waals surface area contributed by atoms with E-state index in [1.807, 2.05) is 49.4 Å². The summed E-state index contributed by atoms with van der Waals surface area (Å²) in [5.41, 5.74) is 4.44. The van der Waals surface area contributed by atoms with E-state index in [4.69, 9.17) is 9.15 Å². The summed E-state index contributed by atoms with van der Waals surface area (Å²) in [5, 5.41) is 9.60. The highest BCUT2D eigenvalue weighted by Crippen LogP contribution is 2.44. The summed E-state index contributed by atoms with van der Waals surface area (Å²) < 4.78 is 12.5. The molecule has 2 unspecified atom stereocenters. The molecule has 0 bridgehead atoms. The predicted octanol–water partition coefficient (Wildman–Crippen LogP) is 7.62. The minimum absolute atomic E-state index is 0.0219. The monoisotopic (exact) mass is 645 g/mol. The van der Waals surface area contributed by atoms with Crippen molar-refractivity contribution in [2.75, 3.05) is 4.90 Å². The van der Waals surface area contributed by atoms with E-state index in [-0.39, 0.29) is 10.9 Å². The summed E-state index contributed by atoms with van der Waals surface area (Å²) in [6.07, 6.45) is 0. The fraction of sp³-hybridized carbons (Fsp3) is 0.139. The Balaban J connectivity index is 1.20. The zero-order valence-corrected chi connectivity index (χ0v) is 26.3. The van der Waals surface area contributed by atoms with Gasteiger partial charge >= 0.3 is 0 Å². The molecule has 7 rings (SSSR count).